The molecule has 2 rings (SSSR count). The highest BCUT2D eigenvalue weighted by Crippen LogP contribution is 2.23. The maximum atomic E-state index is 12.9. The van der Waals surface area contributed by atoms with Crippen LogP contribution in [0.4, 0.5) is 4.39 Å². The maximum Gasteiger partial charge on any atom is 0.182 e. The van der Waals surface area contributed by atoms with Crippen molar-refractivity contribution in [1.82, 2.24) is 4.98 Å². The lowest BCUT2D eigenvalue weighted by molar-refractivity contribution is 0.0980. The summed E-state index contributed by atoms with van der Waals surface area (Å²) < 4.78 is 36.4. The van der Waals surface area contributed by atoms with Crippen LogP contribution in [0.15, 0.2) is 18.5 Å². The van der Waals surface area contributed by atoms with Gasteiger partial charge in [-0.1, -0.05) is 6.42 Å². The number of hydrogen-bond donors (Lipinski definition) is 0. The zero-order valence-corrected chi connectivity index (χ0v) is 9.91. The first-order valence-electron chi connectivity index (χ1n) is 5.37. The number of carbonyl (C=O) groups is 1. The Hall–Kier alpha value is -1.30. The molecule has 1 fully saturated rings. The van der Waals surface area contributed by atoms with Gasteiger partial charge in [0, 0.05) is 11.8 Å². The Morgan fingerprint density at radius 1 is 1.35 bits per heavy atom. The smallest absolute Gasteiger partial charge is 0.182 e. The zero-order chi connectivity index (χ0) is 12.5. The Morgan fingerprint density at radius 2 is 2.12 bits per heavy atom. The highest BCUT2D eigenvalue weighted by Gasteiger charge is 2.35. The Morgan fingerprint density at radius 3 is 2.76 bits per heavy atom. The first-order valence-corrected chi connectivity index (χ1v) is 7.08. The van der Waals surface area contributed by atoms with Crippen molar-refractivity contribution in [3.05, 3.63) is 29.8 Å². The Bertz CT molecular complexity index is 541. The number of hydrogen-bond acceptors (Lipinski definition) is 4. The fourth-order valence-corrected chi connectivity index (χ4v) is 3.86. The number of aromatic nitrogens is 1. The number of nitrogens with zero attached hydrogens (tertiary/aromatic N) is 1. The molecule has 0 spiro atoms. The van der Waals surface area contributed by atoms with E-state index < -0.39 is 26.7 Å². The van der Waals surface area contributed by atoms with Crippen molar-refractivity contribution in [3.8, 4) is 0 Å². The average Bonchev–Trinajstić information content (AvgIpc) is 2.27. The first-order chi connectivity index (χ1) is 8.00. The van der Waals surface area contributed by atoms with E-state index in [9.17, 15) is 17.6 Å². The molecule has 0 radical (unpaired) electrons. The molecule has 0 amide bonds. The van der Waals surface area contributed by atoms with Crippen molar-refractivity contribution in [2.75, 3.05) is 5.75 Å². The number of pyridine rings is 1. The van der Waals surface area contributed by atoms with Crippen LogP contribution in [0, 0.1) is 5.82 Å². The second-order valence-corrected chi connectivity index (χ2v) is 6.41. The third kappa shape index (κ3) is 2.52. The molecule has 1 aliphatic heterocycles. The summed E-state index contributed by atoms with van der Waals surface area (Å²) in [6.45, 7) is 0. The fraction of sp³-hybridized carbons (Fsp3) is 0.455. The molecule has 6 heteroatoms. The Balaban J connectivity index is 2.31. The normalized spacial score (nSPS) is 23.2. The summed E-state index contributed by atoms with van der Waals surface area (Å²) in [7, 11) is -3.38. The summed E-state index contributed by atoms with van der Waals surface area (Å²) in [6, 6.07) is 1.03. The van der Waals surface area contributed by atoms with E-state index in [2.05, 4.69) is 4.98 Å². The number of Topliss-reactive ketones (excluding diaryl/α,β-unsaturated/α-hetero) is 1. The molecule has 0 aliphatic carbocycles. The third-order valence-corrected chi connectivity index (χ3v) is 5.03. The van der Waals surface area contributed by atoms with Crippen LogP contribution in [-0.4, -0.2) is 30.2 Å². The molecular weight excluding hydrogens is 245 g/mol. The van der Waals surface area contributed by atoms with Crippen molar-refractivity contribution in [3.63, 3.8) is 0 Å². The van der Waals surface area contributed by atoms with Gasteiger partial charge in [0.05, 0.1) is 11.9 Å². The SMILES string of the molecule is O=C(c1cncc(F)c1)C1CCCCS1(=O)=O. The summed E-state index contributed by atoms with van der Waals surface area (Å²) in [6.07, 6.45) is 3.80. The van der Waals surface area contributed by atoms with E-state index in [0.29, 0.717) is 19.3 Å². The van der Waals surface area contributed by atoms with Gasteiger partial charge in [0.15, 0.2) is 15.6 Å². The van der Waals surface area contributed by atoms with E-state index in [1.807, 2.05) is 0 Å². The summed E-state index contributed by atoms with van der Waals surface area (Å²) >= 11 is 0. The minimum atomic E-state index is -3.38. The predicted molar refractivity (Wildman–Crippen MR) is 60.0 cm³/mol. The van der Waals surface area contributed by atoms with Gasteiger partial charge in [-0.3, -0.25) is 9.78 Å². The van der Waals surface area contributed by atoms with Gasteiger partial charge in [0.2, 0.25) is 0 Å². The third-order valence-electron chi connectivity index (χ3n) is 2.86. The molecular formula is C11H12FNO3S. The van der Waals surface area contributed by atoms with E-state index in [1.165, 1.54) is 6.20 Å². The molecule has 1 saturated heterocycles. The maximum absolute atomic E-state index is 12.9. The van der Waals surface area contributed by atoms with Gasteiger partial charge in [0.25, 0.3) is 0 Å². The van der Waals surface area contributed by atoms with Crippen molar-refractivity contribution >= 4 is 15.6 Å². The van der Waals surface area contributed by atoms with Crippen LogP contribution in [0.1, 0.15) is 29.6 Å². The minimum absolute atomic E-state index is 0.0282. The van der Waals surface area contributed by atoms with E-state index in [1.54, 1.807) is 0 Å². The van der Waals surface area contributed by atoms with Crippen LogP contribution in [0.3, 0.4) is 0 Å². The highest BCUT2D eigenvalue weighted by atomic mass is 32.2. The van der Waals surface area contributed by atoms with Gasteiger partial charge in [-0.05, 0) is 18.9 Å². The van der Waals surface area contributed by atoms with Crippen LogP contribution < -0.4 is 0 Å². The van der Waals surface area contributed by atoms with Crippen molar-refractivity contribution in [1.29, 1.82) is 0 Å². The molecule has 0 N–H and O–H groups in total. The number of halogens is 1. The molecule has 17 heavy (non-hydrogen) atoms. The van der Waals surface area contributed by atoms with E-state index >= 15 is 0 Å². The van der Waals surface area contributed by atoms with E-state index in [-0.39, 0.29) is 11.3 Å². The van der Waals surface area contributed by atoms with E-state index in [4.69, 9.17) is 0 Å². The number of sulfone groups is 1. The van der Waals surface area contributed by atoms with Gasteiger partial charge in [-0.2, -0.15) is 0 Å². The second-order valence-electron chi connectivity index (χ2n) is 4.11. The summed E-state index contributed by atoms with van der Waals surface area (Å²) in [5.41, 5.74) is 0.0282. The fourth-order valence-electron chi connectivity index (χ4n) is 1.98. The number of rotatable bonds is 2. The second kappa shape index (κ2) is 4.52. The molecule has 0 saturated carbocycles. The molecule has 1 aromatic heterocycles. The first kappa shape index (κ1) is 12.2. The van der Waals surface area contributed by atoms with Crippen molar-refractivity contribution in [2.24, 2.45) is 0 Å². The van der Waals surface area contributed by atoms with Crippen LogP contribution in [0.25, 0.3) is 0 Å². The molecule has 0 aromatic carbocycles. The molecule has 92 valence electrons. The largest absolute Gasteiger partial charge is 0.293 e. The standard InChI is InChI=1S/C11H12FNO3S/c12-9-5-8(6-13-7-9)11(14)10-3-1-2-4-17(10,15)16/h5-7,10H,1-4H2. The Labute approximate surface area is 98.8 Å². The highest BCUT2D eigenvalue weighted by molar-refractivity contribution is 7.92. The molecule has 1 atom stereocenters. The number of ketones is 1. The molecule has 1 aliphatic rings. The van der Waals surface area contributed by atoms with E-state index in [0.717, 1.165) is 12.3 Å². The minimum Gasteiger partial charge on any atom is -0.293 e. The lowest BCUT2D eigenvalue weighted by Gasteiger charge is -2.20. The van der Waals surface area contributed by atoms with Crippen LogP contribution in [0.5, 0.6) is 0 Å². The molecule has 1 unspecified atom stereocenters. The Kier molecular flexibility index (Phi) is 3.24. The lowest BCUT2D eigenvalue weighted by Crippen LogP contribution is -2.35. The van der Waals surface area contributed by atoms with Gasteiger partial charge in [-0.15, -0.1) is 0 Å². The monoisotopic (exact) mass is 257 g/mol. The van der Waals surface area contributed by atoms with Crippen LogP contribution >= 0.6 is 0 Å². The summed E-state index contributed by atoms with van der Waals surface area (Å²) in [5, 5.41) is -1.03. The van der Waals surface area contributed by atoms with Crippen LogP contribution in [-0.2, 0) is 9.84 Å². The average molecular weight is 257 g/mol. The summed E-state index contributed by atoms with van der Waals surface area (Å²) in [5.74, 6) is -1.15. The predicted octanol–water partition coefficient (Wildman–Crippen LogP) is 1.37. The van der Waals surface area contributed by atoms with Crippen molar-refractivity contribution in [2.45, 2.75) is 24.5 Å². The topological polar surface area (TPSA) is 64.1 Å². The summed E-state index contributed by atoms with van der Waals surface area (Å²) in [4.78, 5) is 15.5. The number of carbonyl (C=O) groups excluding carboxylic acids is 1. The van der Waals surface area contributed by atoms with Gasteiger partial charge >= 0.3 is 0 Å². The molecule has 1 aromatic rings. The van der Waals surface area contributed by atoms with Gasteiger partial charge in [-0.25, -0.2) is 12.8 Å². The van der Waals surface area contributed by atoms with Gasteiger partial charge in [0.1, 0.15) is 11.1 Å². The molecule has 2 heterocycles. The van der Waals surface area contributed by atoms with Crippen LogP contribution in [0.2, 0.25) is 0 Å². The van der Waals surface area contributed by atoms with Gasteiger partial charge < -0.3 is 0 Å². The quantitative estimate of drug-likeness (QED) is 0.751. The molecule has 0 bridgehead atoms. The lowest BCUT2D eigenvalue weighted by atomic mass is 10.1. The molecule has 4 nitrogen and oxygen atoms in total. The zero-order valence-electron chi connectivity index (χ0n) is 9.10. The van der Waals surface area contributed by atoms with Crippen molar-refractivity contribution < 1.29 is 17.6 Å².